The van der Waals surface area contributed by atoms with Crippen LogP contribution in [-0.4, -0.2) is 30.2 Å². The van der Waals surface area contributed by atoms with Gasteiger partial charge < -0.3 is 20.5 Å². The van der Waals surface area contributed by atoms with E-state index in [0.29, 0.717) is 18.0 Å². The standard InChI is InChI=1S/C13H20N2O3/c1-5-14-13(2,3)12(17)15-10-8-9(18-4)6-7-11(10)16/h6-8,14,16H,5H2,1-4H3,(H,15,17). The monoisotopic (exact) mass is 252 g/mol. The number of hydrogen-bond acceptors (Lipinski definition) is 4. The summed E-state index contributed by atoms with van der Waals surface area (Å²) in [5, 5.41) is 15.4. The first-order valence-corrected chi connectivity index (χ1v) is 5.84. The third-order valence-corrected chi connectivity index (χ3v) is 2.64. The van der Waals surface area contributed by atoms with E-state index in [4.69, 9.17) is 4.74 Å². The van der Waals surface area contributed by atoms with Crippen LogP contribution in [0.2, 0.25) is 0 Å². The van der Waals surface area contributed by atoms with E-state index in [1.807, 2.05) is 6.92 Å². The van der Waals surface area contributed by atoms with Gasteiger partial charge in [-0.15, -0.1) is 0 Å². The molecule has 0 heterocycles. The summed E-state index contributed by atoms with van der Waals surface area (Å²) in [5.41, 5.74) is -0.366. The number of phenols is 1. The van der Waals surface area contributed by atoms with E-state index in [0.717, 1.165) is 0 Å². The Balaban J connectivity index is 2.87. The van der Waals surface area contributed by atoms with E-state index < -0.39 is 5.54 Å². The van der Waals surface area contributed by atoms with E-state index in [1.54, 1.807) is 26.0 Å². The van der Waals surface area contributed by atoms with Gasteiger partial charge in [0.25, 0.3) is 0 Å². The predicted molar refractivity (Wildman–Crippen MR) is 71.0 cm³/mol. The van der Waals surface area contributed by atoms with Crippen molar-refractivity contribution >= 4 is 11.6 Å². The highest BCUT2D eigenvalue weighted by Crippen LogP contribution is 2.28. The third kappa shape index (κ3) is 3.37. The van der Waals surface area contributed by atoms with Crippen LogP contribution in [0.15, 0.2) is 18.2 Å². The second-order valence-electron chi connectivity index (χ2n) is 4.49. The molecule has 1 aromatic rings. The number of nitrogens with one attached hydrogen (secondary N) is 2. The molecule has 0 aliphatic rings. The Bertz CT molecular complexity index is 430. The van der Waals surface area contributed by atoms with Crippen molar-refractivity contribution in [3.8, 4) is 11.5 Å². The van der Waals surface area contributed by atoms with Crippen LogP contribution in [0.1, 0.15) is 20.8 Å². The Labute approximate surface area is 107 Å². The molecule has 0 atom stereocenters. The van der Waals surface area contributed by atoms with Crippen LogP contribution in [0.5, 0.6) is 11.5 Å². The molecular formula is C13H20N2O3. The molecule has 0 aliphatic carbocycles. The Morgan fingerprint density at radius 3 is 2.67 bits per heavy atom. The molecule has 0 aromatic heterocycles. The Hall–Kier alpha value is -1.75. The van der Waals surface area contributed by atoms with Gasteiger partial charge >= 0.3 is 0 Å². The van der Waals surface area contributed by atoms with Crippen LogP contribution in [-0.2, 0) is 4.79 Å². The minimum atomic E-state index is -0.704. The molecule has 0 bridgehead atoms. The van der Waals surface area contributed by atoms with E-state index in [1.165, 1.54) is 13.2 Å². The van der Waals surface area contributed by atoms with Crippen molar-refractivity contribution < 1.29 is 14.6 Å². The lowest BCUT2D eigenvalue weighted by Gasteiger charge is -2.24. The predicted octanol–water partition coefficient (Wildman–Crippen LogP) is 1.73. The number of amides is 1. The maximum Gasteiger partial charge on any atom is 0.244 e. The molecule has 0 unspecified atom stereocenters. The van der Waals surface area contributed by atoms with Gasteiger partial charge in [0.15, 0.2) is 0 Å². The van der Waals surface area contributed by atoms with Gasteiger partial charge in [0.1, 0.15) is 11.5 Å². The first-order valence-electron chi connectivity index (χ1n) is 5.84. The zero-order valence-corrected chi connectivity index (χ0v) is 11.2. The highest BCUT2D eigenvalue weighted by atomic mass is 16.5. The lowest BCUT2D eigenvalue weighted by molar-refractivity contribution is -0.121. The van der Waals surface area contributed by atoms with Crippen molar-refractivity contribution in [2.75, 3.05) is 19.0 Å². The second kappa shape index (κ2) is 5.73. The SMILES string of the molecule is CCNC(C)(C)C(=O)Nc1cc(OC)ccc1O. The fraction of sp³-hybridized carbons (Fsp3) is 0.462. The van der Waals surface area contributed by atoms with Gasteiger partial charge in [0.2, 0.25) is 5.91 Å². The normalized spacial score (nSPS) is 11.1. The van der Waals surface area contributed by atoms with Crippen molar-refractivity contribution in [1.29, 1.82) is 0 Å². The van der Waals surface area contributed by atoms with Gasteiger partial charge in [-0.3, -0.25) is 4.79 Å². The number of anilines is 1. The van der Waals surface area contributed by atoms with E-state index in [2.05, 4.69) is 10.6 Å². The minimum absolute atomic E-state index is 0.0106. The van der Waals surface area contributed by atoms with Crippen molar-refractivity contribution in [2.45, 2.75) is 26.3 Å². The first-order chi connectivity index (χ1) is 8.40. The molecule has 0 fully saturated rings. The van der Waals surface area contributed by atoms with Crippen molar-refractivity contribution in [3.63, 3.8) is 0 Å². The molecule has 100 valence electrons. The Morgan fingerprint density at radius 2 is 2.11 bits per heavy atom. The second-order valence-corrected chi connectivity index (χ2v) is 4.49. The zero-order chi connectivity index (χ0) is 13.8. The minimum Gasteiger partial charge on any atom is -0.506 e. The van der Waals surface area contributed by atoms with E-state index in [9.17, 15) is 9.90 Å². The number of carbonyl (C=O) groups excluding carboxylic acids is 1. The van der Waals surface area contributed by atoms with Crippen LogP contribution < -0.4 is 15.4 Å². The number of benzene rings is 1. The first kappa shape index (κ1) is 14.3. The molecule has 0 saturated carbocycles. The molecular weight excluding hydrogens is 232 g/mol. The summed E-state index contributed by atoms with van der Waals surface area (Å²) in [6, 6.07) is 4.68. The molecule has 5 heteroatoms. The fourth-order valence-electron chi connectivity index (χ4n) is 1.54. The van der Waals surface area contributed by atoms with Gasteiger partial charge in [-0.05, 0) is 32.5 Å². The van der Waals surface area contributed by atoms with Gasteiger partial charge in [0.05, 0.1) is 18.3 Å². The van der Waals surface area contributed by atoms with Crippen LogP contribution in [0, 0.1) is 0 Å². The number of methoxy groups -OCH3 is 1. The lowest BCUT2D eigenvalue weighted by atomic mass is 10.0. The van der Waals surface area contributed by atoms with Crippen LogP contribution >= 0.6 is 0 Å². The summed E-state index contributed by atoms with van der Waals surface area (Å²) in [6.07, 6.45) is 0. The summed E-state index contributed by atoms with van der Waals surface area (Å²) >= 11 is 0. The van der Waals surface area contributed by atoms with Gasteiger partial charge in [0, 0.05) is 6.07 Å². The van der Waals surface area contributed by atoms with Crippen LogP contribution in [0.3, 0.4) is 0 Å². The molecule has 0 saturated heterocycles. The summed E-state index contributed by atoms with van der Waals surface area (Å²) in [5.74, 6) is 0.369. The van der Waals surface area contributed by atoms with E-state index in [-0.39, 0.29) is 11.7 Å². The number of rotatable bonds is 5. The summed E-state index contributed by atoms with van der Waals surface area (Å²) < 4.78 is 5.05. The molecule has 1 aromatic carbocycles. The number of ether oxygens (including phenoxy) is 1. The number of hydrogen-bond donors (Lipinski definition) is 3. The maximum atomic E-state index is 12.1. The number of likely N-dealkylation sites (N-methyl/N-ethyl adjacent to an activating group) is 1. The van der Waals surface area contributed by atoms with Gasteiger partial charge in [-0.1, -0.05) is 6.92 Å². The van der Waals surface area contributed by atoms with Crippen molar-refractivity contribution in [2.24, 2.45) is 0 Å². The average Bonchev–Trinajstić information content (AvgIpc) is 2.31. The highest BCUT2D eigenvalue weighted by molar-refractivity contribution is 5.98. The fourth-order valence-corrected chi connectivity index (χ4v) is 1.54. The number of aromatic hydroxyl groups is 1. The quantitative estimate of drug-likeness (QED) is 0.698. The number of carbonyl (C=O) groups is 1. The summed E-state index contributed by atoms with van der Waals surface area (Å²) in [7, 11) is 1.53. The maximum absolute atomic E-state index is 12.1. The molecule has 18 heavy (non-hydrogen) atoms. The molecule has 1 rings (SSSR count). The zero-order valence-electron chi connectivity index (χ0n) is 11.2. The summed E-state index contributed by atoms with van der Waals surface area (Å²) in [4.78, 5) is 12.1. The third-order valence-electron chi connectivity index (χ3n) is 2.64. The molecule has 0 aliphatic heterocycles. The molecule has 0 radical (unpaired) electrons. The Kier molecular flexibility index (Phi) is 4.55. The number of phenolic OH excluding ortho intramolecular Hbond substituents is 1. The molecule has 0 spiro atoms. The molecule has 3 N–H and O–H groups in total. The van der Waals surface area contributed by atoms with Crippen LogP contribution in [0.4, 0.5) is 5.69 Å². The smallest absolute Gasteiger partial charge is 0.244 e. The van der Waals surface area contributed by atoms with Crippen molar-refractivity contribution in [3.05, 3.63) is 18.2 Å². The molecule has 1 amide bonds. The average molecular weight is 252 g/mol. The molecule has 5 nitrogen and oxygen atoms in total. The van der Waals surface area contributed by atoms with Gasteiger partial charge in [-0.25, -0.2) is 0 Å². The van der Waals surface area contributed by atoms with Gasteiger partial charge in [-0.2, -0.15) is 0 Å². The van der Waals surface area contributed by atoms with Crippen LogP contribution in [0.25, 0.3) is 0 Å². The van der Waals surface area contributed by atoms with Crippen molar-refractivity contribution in [1.82, 2.24) is 5.32 Å². The highest BCUT2D eigenvalue weighted by Gasteiger charge is 2.26. The van der Waals surface area contributed by atoms with E-state index >= 15 is 0 Å². The lowest BCUT2D eigenvalue weighted by Crippen LogP contribution is -2.49. The summed E-state index contributed by atoms with van der Waals surface area (Å²) in [6.45, 7) is 6.18. The largest absolute Gasteiger partial charge is 0.506 e. The topological polar surface area (TPSA) is 70.6 Å². The Morgan fingerprint density at radius 1 is 1.44 bits per heavy atom.